The molecular weight excluding hydrogens is 298 g/mol. The number of nitrogens with one attached hydrogen (secondary N) is 1. The molecule has 0 aliphatic heterocycles. The molecule has 0 amide bonds. The zero-order valence-corrected chi connectivity index (χ0v) is 15.7. The van der Waals surface area contributed by atoms with Gasteiger partial charge in [-0.1, -0.05) is 51.5 Å². The highest BCUT2D eigenvalue weighted by molar-refractivity contribution is 5.26. The van der Waals surface area contributed by atoms with E-state index >= 15 is 0 Å². The second kappa shape index (κ2) is 11.3. The molecule has 0 aliphatic rings. The van der Waals surface area contributed by atoms with Gasteiger partial charge in [0.25, 0.3) is 0 Å². The molecule has 1 aromatic rings. The van der Waals surface area contributed by atoms with Crippen molar-refractivity contribution in [1.29, 1.82) is 0 Å². The molecule has 0 aromatic heterocycles. The quantitative estimate of drug-likeness (QED) is 0.529. The van der Waals surface area contributed by atoms with Crippen LogP contribution >= 0.6 is 0 Å². The van der Waals surface area contributed by atoms with E-state index in [9.17, 15) is 10.2 Å². The van der Waals surface area contributed by atoms with Crippen molar-refractivity contribution in [1.82, 2.24) is 5.32 Å². The Bertz CT molecular complexity index is 469. The maximum Gasteiger partial charge on any atom is 0.115 e. The standard InChI is InChI=1S/C21H35NO2/c1-5-16(2)14-17(3)8-6-7-9-21(24)20(22-4)15-18-10-12-19(23)13-11-18/h6,8,10-13,16-17,20-24H,5,7,9,14-15H2,1-4H3/b8-6+/t16-,17+,20+,21+/m0/s1. The van der Waals surface area contributed by atoms with Crippen LogP contribution in [-0.4, -0.2) is 29.4 Å². The van der Waals surface area contributed by atoms with E-state index in [4.69, 9.17) is 0 Å². The van der Waals surface area contributed by atoms with Gasteiger partial charge in [-0.3, -0.25) is 0 Å². The minimum absolute atomic E-state index is 0.0282. The normalized spacial score (nSPS) is 16.9. The molecule has 3 nitrogen and oxygen atoms in total. The van der Waals surface area contributed by atoms with E-state index in [2.05, 4.69) is 38.2 Å². The van der Waals surface area contributed by atoms with E-state index < -0.39 is 0 Å². The van der Waals surface area contributed by atoms with Gasteiger partial charge < -0.3 is 15.5 Å². The fraction of sp³-hybridized carbons (Fsp3) is 0.619. The molecule has 0 aliphatic carbocycles. The van der Waals surface area contributed by atoms with Crippen LogP contribution in [0.2, 0.25) is 0 Å². The van der Waals surface area contributed by atoms with Crippen LogP contribution in [-0.2, 0) is 6.42 Å². The van der Waals surface area contributed by atoms with Crippen LogP contribution in [0.15, 0.2) is 36.4 Å². The molecule has 0 fully saturated rings. The number of hydrogen-bond donors (Lipinski definition) is 3. The molecule has 1 rings (SSSR count). The summed E-state index contributed by atoms with van der Waals surface area (Å²) in [6.45, 7) is 6.80. The van der Waals surface area contributed by atoms with E-state index in [-0.39, 0.29) is 17.9 Å². The molecule has 1 aromatic carbocycles. The Labute approximate surface area is 147 Å². The molecule has 0 heterocycles. The second-order valence-corrected chi connectivity index (χ2v) is 7.06. The van der Waals surface area contributed by atoms with Gasteiger partial charge in [-0.05, 0) is 62.3 Å². The van der Waals surface area contributed by atoms with Crippen molar-refractivity contribution < 1.29 is 10.2 Å². The van der Waals surface area contributed by atoms with Gasteiger partial charge in [0.05, 0.1) is 6.10 Å². The summed E-state index contributed by atoms with van der Waals surface area (Å²) in [5, 5.41) is 23.0. The summed E-state index contributed by atoms with van der Waals surface area (Å²) in [6, 6.07) is 7.22. The molecule has 0 saturated heterocycles. The maximum atomic E-state index is 10.4. The first-order valence-corrected chi connectivity index (χ1v) is 9.26. The largest absolute Gasteiger partial charge is 0.508 e. The number of aliphatic hydroxyl groups is 1. The number of likely N-dealkylation sites (N-methyl/N-ethyl adjacent to an activating group) is 1. The van der Waals surface area contributed by atoms with E-state index in [1.165, 1.54) is 12.8 Å². The number of allylic oxidation sites excluding steroid dienone is 2. The maximum absolute atomic E-state index is 10.4. The highest BCUT2D eigenvalue weighted by Crippen LogP contribution is 2.17. The van der Waals surface area contributed by atoms with Crippen LogP contribution < -0.4 is 5.32 Å². The molecule has 136 valence electrons. The van der Waals surface area contributed by atoms with E-state index in [1.807, 2.05) is 19.2 Å². The van der Waals surface area contributed by atoms with Gasteiger partial charge in [0.2, 0.25) is 0 Å². The van der Waals surface area contributed by atoms with E-state index in [1.54, 1.807) is 12.1 Å². The van der Waals surface area contributed by atoms with Crippen LogP contribution in [0.3, 0.4) is 0 Å². The average molecular weight is 334 g/mol. The first kappa shape index (κ1) is 20.7. The lowest BCUT2D eigenvalue weighted by atomic mass is 9.94. The highest BCUT2D eigenvalue weighted by atomic mass is 16.3. The fourth-order valence-electron chi connectivity index (χ4n) is 2.99. The zero-order valence-electron chi connectivity index (χ0n) is 15.7. The first-order chi connectivity index (χ1) is 11.5. The van der Waals surface area contributed by atoms with Crippen molar-refractivity contribution in [3.05, 3.63) is 42.0 Å². The van der Waals surface area contributed by atoms with Crippen molar-refractivity contribution in [3.8, 4) is 5.75 Å². The topological polar surface area (TPSA) is 52.5 Å². The molecule has 24 heavy (non-hydrogen) atoms. The van der Waals surface area contributed by atoms with Crippen molar-refractivity contribution in [2.45, 2.75) is 65.0 Å². The van der Waals surface area contributed by atoms with E-state index in [0.29, 0.717) is 5.92 Å². The molecular formula is C21H35NO2. The molecule has 0 spiro atoms. The SMILES string of the molecule is CC[C@H](C)C[C@H](C)/C=C/CC[C@@H](O)[C@@H](Cc1ccc(O)cc1)NC. The van der Waals surface area contributed by atoms with Gasteiger partial charge in [-0.2, -0.15) is 0 Å². The summed E-state index contributed by atoms with van der Waals surface area (Å²) in [6.07, 6.45) is 9.00. The van der Waals surface area contributed by atoms with Crippen LogP contribution in [0.25, 0.3) is 0 Å². The van der Waals surface area contributed by atoms with Crippen molar-refractivity contribution in [2.24, 2.45) is 11.8 Å². The summed E-state index contributed by atoms with van der Waals surface area (Å²) in [7, 11) is 1.89. The predicted molar refractivity (Wildman–Crippen MR) is 102 cm³/mol. The van der Waals surface area contributed by atoms with Gasteiger partial charge in [0, 0.05) is 6.04 Å². The summed E-state index contributed by atoms with van der Waals surface area (Å²) >= 11 is 0. The zero-order chi connectivity index (χ0) is 17.9. The van der Waals surface area contributed by atoms with Crippen molar-refractivity contribution in [3.63, 3.8) is 0 Å². The van der Waals surface area contributed by atoms with Crippen LogP contribution in [0, 0.1) is 11.8 Å². The lowest BCUT2D eigenvalue weighted by Gasteiger charge is -2.22. The van der Waals surface area contributed by atoms with Gasteiger partial charge >= 0.3 is 0 Å². The molecule has 4 atom stereocenters. The molecule has 0 bridgehead atoms. The number of hydrogen-bond acceptors (Lipinski definition) is 3. The Morgan fingerprint density at radius 2 is 1.83 bits per heavy atom. The minimum Gasteiger partial charge on any atom is -0.508 e. The number of phenolic OH excluding ortho intramolecular Hbond substituents is 1. The van der Waals surface area contributed by atoms with Crippen LogP contribution in [0.5, 0.6) is 5.75 Å². The number of phenols is 1. The second-order valence-electron chi connectivity index (χ2n) is 7.06. The Morgan fingerprint density at radius 1 is 1.17 bits per heavy atom. The summed E-state index contributed by atoms with van der Waals surface area (Å²) in [5.41, 5.74) is 1.11. The van der Waals surface area contributed by atoms with E-state index in [0.717, 1.165) is 30.7 Å². The number of aliphatic hydroxyl groups excluding tert-OH is 1. The third-order valence-corrected chi connectivity index (χ3v) is 4.79. The van der Waals surface area contributed by atoms with Gasteiger partial charge in [-0.15, -0.1) is 0 Å². The average Bonchev–Trinajstić information content (AvgIpc) is 2.57. The third-order valence-electron chi connectivity index (χ3n) is 4.79. The molecule has 0 saturated carbocycles. The Hall–Kier alpha value is -1.32. The Balaban J connectivity index is 2.38. The summed E-state index contributed by atoms with van der Waals surface area (Å²) in [5.74, 6) is 1.65. The Morgan fingerprint density at radius 3 is 2.42 bits per heavy atom. The van der Waals surface area contributed by atoms with Crippen LogP contribution in [0.1, 0.15) is 52.0 Å². The fourth-order valence-corrected chi connectivity index (χ4v) is 2.99. The van der Waals surface area contributed by atoms with Gasteiger partial charge in [-0.25, -0.2) is 0 Å². The monoisotopic (exact) mass is 333 g/mol. The van der Waals surface area contributed by atoms with Crippen molar-refractivity contribution >= 4 is 0 Å². The predicted octanol–water partition coefficient (Wildman–Crippen LogP) is 4.29. The van der Waals surface area contributed by atoms with Crippen LogP contribution in [0.4, 0.5) is 0 Å². The number of aromatic hydroxyl groups is 1. The Kier molecular flexibility index (Phi) is 9.73. The third kappa shape index (κ3) is 7.98. The lowest BCUT2D eigenvalue weighted by Crippen LogP contribution is -2.39. The molecule has 3 N–H and O–H groups in total. The molecule has 0 radical (unpaired) electrons. The molecule has 0 unspecified atom stereocenters. The summed E-state index contributed by atoms with van der Waals surface area (Å²) in [4.78, 5) is 0. The highest BCUT2D eigenvalue weighted by Gasteiger charge is 2.17. The van der Waals surface area contributed by atoms with Gasteiger partial charge in [0.15, 0.2) is 0 Å². The van der Waals surface area contributed by atoms with Gasteiger partial charge in [0.1, 0.15) is 5.75 Å². The minimum atomic E-state index is -0.377. The van der Waals surface area contributed by atoms with Crippen molar-refractivity contribution in [2.75, 3.05) is 7.05 Å². The first-order valence-electron chi connectivity index (χ1n) is 9.26. The molecule has 3 heteroatoms. The number of benzene rings is 1. The summed E-state index contributed by atoms with van der Waals surface area (Å²) < 4.78 is 0. The lowest BCUT2D eigenvalue weighted by molar-refractivity contribution is 0.122. The smallest absolute Gasteiger partial charge is 0.115 e. The number of rotatable bonds is 11.